The van der Waals surface area contributed by atoms with E-state index in [2.05, 4.69) is 13.8 Å². The van der Waals surface area contributed by atoms with Crippen molar-refractivity contribution >= 4 is 0 Å². The smallest absolute Gasteiger partial charge is 0.0568 e. The van der Waals surface area contributed by atoms with E-state index in [1.165, 1.54) is 32.1 Å². The molecule has 1 N–H and O–H groups in total. The summed E-state index contributed by atoms with van der Waals surface area (Å²) in [7, 11) is 0. The first-order valence-corrected chi connectivity index (χ1v) is 5.42. The minimum Gasteiger partial charge on any atom is -0.393 e. The maximum Gasteiger partial charge on any atom is 0.0568 e. The zero-order chi connectivity index (χ0) is 8.97. The standard InChI is InChI=1S/C11H22O/c1-3-4-5-10-7-6-9(2)11(12)8-10/h9-12H,3-8H2,1-2H3/t9-,10?,11?/m1/s1. The van der Waals surface area contributed by atoms with Gasteiger partial charge in [0.05, 0.1) is 6.10 Å². The third kappa shape index (κ3) is 2.78. The molecule has 1 heteroatoms. The summed E-state index contributed by atoms with van der Waals surface area (Å²) in [6, 6.07) is 0. The second-order valence-electron chi connectivity index (χ2n) is 4.37. The van der Waals surface area contributed by atoms with Crippen molar-refractivity contribution in [2.24, 2.45) is 11.8 Å². The van der Waals surface area contributed by atoms with Crippen molar-refractivity contribution in [2.45, 2.75) is 58.5 Å². The van der Waals surface area contributed by atoms with Crippen LogP contribution in [0.15, 0.2) is 0 Å². The second-order valence-corrected chi connectivity index (χ2v) is 4.37. The molecule has 0 bridgehead atoms. The molecule has 0 aromatic rings. The van der Waals surface area contributed by atoms with Gasteiger partial charge in [-0.05, 0) is 24.7 Å². The number of rotatable bonds is 3. The van der Waals surface area contributed by atoms with Crippen LogP contribution in [0, 0.1) is 11.8 Å². The average Bonchev–Trinajstić information content (AvgIpc) is 2.07. The van der Waals surface area contributed by atoms with Crippen LogP contribution in [0.25, 0.3) is 0 Å². The number of hydrogen-bond acceptors (Lipinski definition) is 1. The first-order valence-electron chi connectivity index (χ1n) is 5.42. The molecule has 1 rings (SSSR count). The van der Waals surface area contributed by atoms with Crippen molar-refractivity contribution < 1.29 is 5.11 Å². The molecule has 72 valence electrons. The van der Waals surface area contributed by atoms with Gasteiger partial charge < -0.3 is 5.11 Å². The van der Waals surface area contributed by atoms with Crippen LogP contribution in [-0.4, -0.2) is 11.2 Å². The largest absolute Gasteiger partial charge is 0.393 e. The molecule has 1 nitrogen and oxygen atoms in total. The molecule has 1 saturated carbocycles. The predicted molar refractivity (Wildman–Crippen MR) is 52.0 cm³/mol. The molecule has 1 fully saturated rings. The lowest BCUT2D eigenvalue weighted by Gasteiger charge is -2.30. The summed E-state index contributed by atoms with van der Waals surface area (Å²) in [4.78, 5) is 0. The van der Waals surface area contributed by atoms with E-state index in [9.17, 15) is 5.11 Å². The molecule has 12 heavy (non-hydrogen) atoms. The van der Waals surface area contributed by atoms with Crippen LogP contribution < -0.4 is 0 Å². The number of hydrogen-bond donors (Lipinski definition) is 1. The highest BCUT2D eigenvalue weighted by Gasteiger charge is 2.25. The second kappa shape index (κ2) is 4.86. The van der Waals surface area contributed by atoms with Crippen LogP contribution in [0.5, 0.6) is 0 Å². The topological polar surface area (TPSA) is 20.2 Å². The summed E-state index contributed by atoms with van der Waals surface area (Å²) in [5.74, 6) is 1.36. The molecule has 0 heterocycles. The molecular weight excluding hydrogens is 148 g/mol. The lowest BCUT2D eigenvalue weighted by molar-refractivity contribution is 0.0506. The first-order chi connectivity index (χ1) is 5.74. The molecule has 3 atom stereocenters. The summed E-state index contributed by atoms with van der Waals surface area (Å²) in [5, 5.41) is 9.65. The van der Waals surface area contributed by atoms with E-state index in [0.29, 0.717) is 5.92 Å². The Morgan fingerprint density at radius 3 is 2.67 bits per heavy atom. The molecule has 0 aromatic heterocycles. The van der Waals surface area contributed by atoms with Gasteiger partial charge in [0.25, 0.3) is 0 Å². The fourth-order valence-electron chi connectivity index (χ4n) is 2.14. The normalized spacial score (nSPS) is 36.8. The van der Waals surface area contributed by atoms with E-state index in [4.69, 9.17) is 0 Å². The maximum absolute atomic E-state index is 9.65. The molecule has 0 radical (unpaired) electrons. The lowest BCUT2D eigenvalue weighted by Crippen LogP contribution is -2.27. The van der Waals surface area contributed by atoms with Gasteiger partial charge in [0.2, 0.25) is 0 Å². The SMILES string of the molecule is CCCCC1CC[C@@H](C)C(O)C1. The van der Waals surface area contributed by atoms with Crippen LogP contribution in [0.2, 0.25) is 0 Å². The van der Waals surface area contributed by atoms with Crippen LogP contribution in [0.4, 0.5) is 0 Å². The van der Waals surface area contributed by atoms with Gasteiger partial charge in [0, 0.05) is 0 Å². The molecular formula is C11H22O. The first kappa shape index (κ1) is 10.0. The van der Waals surface area contributed by atoms with Crippen molar-refractivity contribution in [1.29, 1.82) is 0 Å². The highest BCUT2D eigenvalue weighted by molar-refractivity contribution is 4.76. The molecule has 1 aliphatic carbocycles. The van der Waals surface area contributed by atoms with E-state index in [-0.39, 0.29) is 6.10 Å². The zero-order valence-electron chi connectivity index (χ0n) is 8.42. The minimum absolute atomic E-state index is 0.0133. The lowest BCUT2D eigenvalue weighted by atomic mass is 9.79. The van der Waals surface area contributed by atoms with E-state index >= 15 is 0 Å². The molecule has 0 saturated heterocycles. The highest BCUT2D eigenvalue weighted by Crippen LogP contribution is 2.31. The number of unbranched alkanes of at least 4 members (excludes halogenated alkanes) is 1. The Morgan fingerprint density at radius 2 is 2.08 bits per heavy atom. The van der Waals surface area contributed by atoms with E-state index in [1.54, 1.807) is 0 Å². The van der Waals surface area contributed by atoms with Crippen molar-refractivity contribution in [3.63, 3.8) is 0 Å². The Kier molecular flexibility index (Phi) is 4.07. The quantitative estimate of drug-likeness (QED) is 0.690. The van der Waals surface area contributed by atoms with Crippen molar-refractivity contribution in [1.82, 2.24) is 0 Å². The van der Waals surface area contributed by atoms with Gasteiger partial charge in [0.15, 0.2) is 0 Å². The molecule has 0 aliphatic heterocycles. The Bertz CT molecular complexity index is 120. The zero-order valence-corrected chi connectivity index (χ0v) is 8.42. The summed E-state index contributed by atoms with van der Waals surface area (Å²) in [6.07, 6.45) is 7.59. The van der Waals surface area contributed by atoms with Gasteiger partial charge in [0.1, 0.15) is 0 Å². The Labute approximate surface area is 76.2 Å². The molecule has 2 unspecified atom stereocenters. The Balaban J connectivity index is 2.21. The van der Waals surface area contributed by atoms with E-state index in [1.807, 2.05) is 0 Å². The van der Waals surface area contributed by atoms with Gasteiger partial charge in [-0.3, -0.25) is 0 Å². The molecule has 0 amide bonds. The fraction of sp³-hybridized carbons (Fsp3) is 1.00. The van der Waals surface area contributed by atoms with Crippen molar-refractivity contribution in [3.8, 4) is 0 Å². The van der Waals surface area contributed by atoms with Gasteiger partial charge in [-0.25, -0.2) is 0 Å². The summed E-state index contributed by atoms with van der Waals surface area (Å²) in [6.45, 7) is 4.41. The predicted octanol–water partition coefficient (Wildman–Crippen LogP) is 2.97. The van der Waals surface area contributed by atoms with E-state index < -0.39 is 0 Å². The summed E-state index contributed by atoms with van der Waals surface area (Å²) < 4.78 is 0. The van der Waals surface area contributed by atoms with E-state index in [0.717, 1.165) is 12.3 Å². The highest BCUT2D eigenvalue weighted by atomic mass is 16.3. The Hall–Kier alpha value is -0.0400. The average molecular weight is 170 g/mol. The summed E-state index contributed by atoms with van der Waals surface area (Å²) in [5.41, 5.74) is 0. The Morgan fingerprint density at radius 1 is 1.33 bits per heavy atom. The molecule has 1 aliphatic rings. The van der Waals surface area contributed by atoms with Crippen molar-refractivity contribution in [3.05, 3.63) is 0 Å². The van der Waals surface area contributed by atoms with Gasteiger partial charge in [-0.15, -0.1) is 0 Å². The van der Waals surface area contributed by atoms with Crippen LogP contribution >= 0.6 is 0 Å². The fourth-order valence-corrected chi connectivity index (χ4v) is 2.14. The van der Waals surface area contributed by atoms with Crippen molar-refractivity contribution in [2.75, 3.05) is 0 Å². The molecule has 0 spiro atoms. The molecule has 0 aromatic carbocycles. The number of aliphatic hydroxyl groups excluding tert-OH is 1. The van der Waals surface area contributed by atoms with Crippen LogP contribution in [-0.2, 0) is 0 Å². The van der Waals surface area contributed by atoms with Crippen LogP contribution in [0.3, 0.4) is 0 Å². The van der Waals surface area contributed by atoms with Gasteiger partial charge in [-0.2, -0.15) is 0 Å². The number of aliphatic hydroxyl groups is 1. The minimum atomic E-state index is -0.0133. The third-order valence-electron chi connectivity index (χ3n) is 3.23. The monoisotopic (exact) mass is 170 g/mol. The third-order valence-corrected chi connectivity index (χ3v) is 3.23. The van der Waals surface area contributed by atoms with Crippen LogP contribution in [0.1, 0.15) is 52.4 Å². The maximum atomic E-state index is 9.65. The van der Waals surface area contributed by atoms with Gasteiger partial charge in [-0.1, -0.05) is 39.5 Å². The van der Waals surface area contributed by atoms with Gasteiger partial charge >= 0.3 is 0 Å². The summed E-state index contributed by atoms with van der Waals surface area (Å²) >= 11 is 0.